The lowest BCUT2D eigenvalue weighted by atomic mass is 9.72. The van der Waals surface area contributed by atoms with Crippen molar-refractivity contribution in [2.75, 3.05) is 13.4 Å². The predicted octanol–water partition coefficient (Wildman–Crippen LogP) is -0.458. The van der Waals surface area contributed by atoms with Crippen LogP contribution >= 0.6 is 0 Å². The van der Waals surface area contributed by atoms with E-state index in [1.165, 1.54) is 6.07 Å². The summed E-state index contributed by atoms with van der Waals surface area (Å²) >= 11 is 0. The molecule has 0 spiro atoms. The van der Waals surface area contributed by atoms with Crippen LogP contribution in [0.3, 0.4) is 0 Å². The largest absolute Gasteiger partial charge is 0.547 e. The van der Waals surface area contributed by atoms with Crippen LogP contribution in [-0.4, -0.2) is 49.3 Å². The Bertz CT molecular complexity index is 683. The van der Waals surface area contributed by atoms with E-state index in [1.54, 1.807) is 19.1 Å². The number of benzene rings is 1. The van der Waals surface area contributed by atoms with Gasteiger partial charge in [0.1, 0.15) is 11.3 Å². The Morgan fingerprint density at radius 1 is 1.38 bits per heavy atom. The van der Waals surface area contributed by atoms with Gasteiger partial charge in [0.15, 0.2) is 6.79 Å². The van der Waals surface area contributed by atoms with Crippen molar-refractivity contribution in [2.45, 2.75) is 32.1 Å². The highest BCUT2D eigenvalue weighted by Gasteiger charge is 2.37. The fourth-order valence-electron chi connectivity index (χ4n) is 2.48. The van der Waals surface area contributed by atoms with Crippen molar-refractivity contribution < 1.29 is 33.5 Å². The Hall–Kier alpha value is -2.59. The van der Waals surface area contributed by atoms with Gasteiger partial charge in [0.25, 0.3) is 0 Å². The van der Waals surface area contributed by atoms with Crippen LogP contribution < -0.4 is 15.7 Å². The average Bonchev–Trinajstić information content (AvgIpc) is 2.60. The van der Waals surface area contributed by atoms with Crippen LogP contribution in [0, 0.1) is 0 Å². The van der Waals surface area contributed by atoms with Crippen LogP contribution in [0.4, 0.5) is 0 Å². The molecule has 26 heavy (non-hydrogen) atoms. The molecular formula is C16H21BN2O7. The molecule has 0 saturated heterocycles. The van der Waals surface area contributed by atoms with Crippen LogP contribution in [0.2, 0.25) is 0 Å². The van der Waals surface area contributed by atoms with Crippen molar-refractivity contribution in [1.29, 1.82) is 0 Å². The molecule has 0 aromatic heterocycles. The first kappa shape index (κ1) is 19.7. The van der Waals surface area contributed by atoms with Crippen LogP contribution in [0.5, 0.6) is 5.75 Å². The molecule has 0 bridgehead atoms. The predicted molar refractivity (Wildman–Crippen MR) is 91.0 cm³/mol. The van der Waals surface area contributed by atoms with E-state index in [1.807, 2.05) is 0 Å². The second kappa shape index (κ2) is 9.21. The van der Waals surface area contributed by atoms with E-state index in [-0.39, 0.29) is 37.4 Å². The molecule has 0 saturated carbocycles. The third-order valence-corrected chi connectivity index (χ3v) is 3.76. The Balaban J connectivity index is 2.05. The maximum Gasteiger partial charge on any atom is 0.547 e. The Morgan fingerprint density at radius 2 is 2.15 bits per heavy atom. The van der Waals surface area contributed by atoms with Crippen LogP contribution in [-0.2, 0) is 25.5 Å². The summed E-state index contributed by atoms with van der Waals surface area (Å²) in [5.41, 5.74) is 5.81. The molecule has 0 aliphatic carbocycles. The van der Waals surface area contributed by atoms with Crippen molar-refractivity contribution >= 4 is 24.9 Å². The number of ether oxygens (including phenoxy) is 2. The van der Waals surface area contributed by atoms with E-state index in [0.29, 0.717) is 12.2 Å². The number of rotatable bonds is 8. The average molecular weight is 364 g/mol. The van der Waals surface area contributed by atoms with E-state index in [2.05, 4.69) is 5.32 Å². The molecule has 1 aromatic rings. The van der Waals surface area contributed by atoms with Gasteiger partial charge in [0.2, 0.25) is 11.8 Å². The third kappa shape index (κ3) is 5.20. The normalized spacial score (nSPS) is 15.6. The van der Waals surface area contributed by atoms with Crippen LogP contribution in [0.25, 0.3) is 0 Å². The highest BCUT2D eigenvalue weighted by Crippen LogP contribution is 2.30. The van der Waals surface area contributed by atoms with Gasteiger partial charge in [-0.05, 0) is 25.0 Å². The second-order valence-electron chi connectivity index (χ2n) is 5.69. The number of nitrogens with one attached hydrogen (secondary N) is 1. The Kier molecular flexibility index (Phi) is 6.99. The lowest BCUT2D eigenvalue weighted by molar-refractivity contribution is -0.125. The van der Waals surface area contributed by atoms with Gasteiger partial charge in [-0.25, -0.2) is 4.79 Å². The number of carbonyl (C=O) groups is 3. The van der Waals surface area contributed by atoms with Gasteiger partial charge in [-0.3, -0.25) is 9.59 Å². The highest BCUT2D eigenvalue weighted by molar-refractivity contribution is 6.47. The van der Waals surface area contributed by atoms with Gasteiger partial charge >= 0.3 is 13.1 Å². The molecule has 1 aromatic carbocycles. The summed E-state index contributed by atoms with van der Waals surface area (Å²) in [5, 5.41) is 12.8. The van der Waals surface area contributed by atoms with Crippen molar-refractivity contribution in [3.8, 4) is 5.75 Å². The van der Waals surface area contributed by atoms with Gasteiger partial charge in [0, 0.05) is 19.4 Å². The summed E-state index contributed by atoms with van der Waals surface area (Å²) in [5.74, 6) is -2.14. The van der Waals surface area contributed by atoms with Crippen LogP contribution in [0.15, 0.2) is 18.2 Å². The molecule has 0 radical (unpaired) electrons. The highest BCUT2D eigenvalue weighted by atomic mass is 16.7. The zero-order chi connectivity index (χ0) is 19.1. The number of esters is 1. The topological polar surface area (TPSA) is 137 Å². The molecule has 140 valence electrons. The van der Waals surface area contributed by atoms with Crippen molar-refractivity contribution in [3.63, 3.8) is 0 Å². The summed E-state index contributed by atoms with van der Waals surface area (Å²) in [6.07, 6.45) is 0.0997. The van der Waals surface area contributed by atoms with E-state index in [0.717, 1.165) is 0 Å². The van der Waals surface area contributed by atoms with Crippen molar-refractivity contribution in [2.24, 2.45) is 5.73 Å². The molecule has 10 heteroatoms. The lowest BCUT2D eigenvalue weighted by Gasteiger charge is -2.29. The fraction of sp³-hybridized carbons (Fsp3) is 0.438. The smallest absolute Gasteiger partial charge is 0.534 e. The number of amides is 2. The molecule has 2 amide bonds. The van der Waals surface area contributed by atoms with Crippen LogP contribution in [0.1, 0.15) is 35.7 Å². The van der Waals surface area contributed by atoms with E-state index in [9.17, 15) is 19.4 Å². The summed E-state index contributed by atoms with van der Waals surface area (Å²) < 4.78 is 15.4. The minimum atomic E-state index is -1.35. The lowest BCUT2D eigenvalue weighted by Crippen LogP contribution is -2.53. The zero-order valence-corrected chi connectivity index (χ0v) is 14.4. The number of primary amides is 1. The fourth-order valence-corrected chi connectivity index (χ4v) is 2.48. The second-order valence-corrected chi connectivity index (χ2v) is 5.69. The summed E-state index contributed by atoms with van der Waals surface area (Å²) in [6, 6.07) is 4.90. The van der Waals surface area contributed by atoms with Crippen molar-refractivity contribution in [3.05, 3.63) is 29.3 Å². The van der Waals surface area contributed by atoms with E-state index < -0.39 is 30.8 Å². The molecule has 0 unspecified atom stereocenters. The Morgan fingerprint density at radius 3 is 2.85 bits per heavy atom. The number of hydrogen-bond acceptors (Lipinski definition) is 7. The number of para-hydroxylation sites is 1. The van der Waals surface area contributed by atoms with Gasteiger partial charge in [-0.15, -0.1) is 0 Å². The minimum Gasteiger partial charge on any atom is -0.534 e. The molecule has 4 N–H and O–H groups in total. The first-order valence-electron chi connectivity index (χ1n) is 8.21. The maximum atomic E-state index is 12.1. The number of carbonyl (C=O) groups excluding carboxylic acids is 3. The van der Waals surface area contributed by atoms with Crippen molar-refractivity contribution in [1.82, 2.24) is 5.32 Å². The number of hydrogen-bond donors (Lipinski definition) is 3. The molecule has 1 atom stereocenters. The third-order valence-electron chi connectivity index (χ3n) is 3.76. The zero-order valence-electron chi connectivity index (χ0n) is 14.4. The SMILES string of the molecule is CCOCOC(=O)c1cccc2c1OB(O)[C@@H](NC(=O)CCC(N)=O)C2. The van der Waals surface area contributed by atoms with Gasteiger partial charge < -0.3 is 30.2 Å². The van der Waals surface area contributed by atoms with Gasteiger partial charge in [0.05, 0.1) is 5.94 Å². The summed E-state index contributed by atoms with van der Waals surface area (Å²) in [4.78, 5) is 34.7. The first-order chi connectivity index (χ1) is 12.4. The summed E-state index contributed by atoms with van der Waals surface area (Å²) in [6.45, 7) is 2.00. The van der Waals surface area contributed by atoms with E-state index >= 15 is 0 Å². The monoisotopic (exact) mass is 364 g/mol. The van der Waals surface area contributed by atoms with Gasteiger partial charge in [-0.2, -0.15) is 0 Å². The molecule has 0 fully saturated rings. The summed E-state index contributed by atoms with van der Waals surface area (Å²) in [7, 11) is -1.35. The van der Waals surface area contributed by atoms with Gasteiger partial charge in [-0.1, -0.05) is 12.1 Å². The molecule has 1 heterocycles. The molecule has 1 aliphatic rings. The number of fused-ring (bicyclic) bond motifs is 1. The minimum absolute atomic E-state index is 0.0742. The standard InChI is InChI=1S/C16H21BN2O7/c1-2-24-9-25-16(22)11-5-3-4-10-8-12(17(23)26-15(10)11)19-14(21)7-6-13(18)20/h3-5,12,23H,2,6-9H2,1H3,(H2,18,20)(H,19,21)/t12-/m0/s1. The first-order valence-corrected chi connectivity index (χ1v) is 8.21. The Labute approximate surface area is 150 Å². The molecular weight excluding hydrogens is 343 g/mol. The quantitative estimate of drug-likeness (QED) is 0.246. The molecule has 2 rings (SSSR count). The number of nitrogens with two attached hydrogens (primary N) is 1. The molecule has 9 nitrogen and oxygen atoms in total. The van der Waals surface area contributed by atoms with E-state index in [4.69, 9.17) is 19.9 Å². The maximum absolute atomic E-state index is 12.1. The molecule has 1 aliphatic heterocycles.